The lowest BCUT2D eigenvalue weighted by molar-refractivity contribution is -0.147. The number of fused-ring (bicyclic) bond motifs is 1. The van der Waals surface area contributed by atoms with E-state index < -0.39 is 41.0 Å². The Bertz CT molecular complexity index is 1350. The summed E-state index contributed by atoms with van der Waals surface area (Å²) in [4.78, 5) is 40.6. The van der Waals surface area contributed by atoms with Gasteiger partial charge >= 0.3 is 18.2 Å². The quantitative estimate of drug-likeness (QED) is 0.520. The molecule has 0 bridgehead atoms. The number of aliphatic carboxylic acids is 1. The number of likely N-dealkylation sites (N-methyl/N-ethyl adjacent to an activating group) is 1. The molecule has 11 heteroatoms. The zero-order chi connectivity index (χ0) is 24.8. The minimum absolute atomic E-state index is 0.00469. The standard InChI is InChI=1S/C23H20F3N3O5/c1-22(27-2,20(31)32)18-11-29(21(33)34-18)13-8-7-12-9-17(28-19(30)15(12)10-13)14-5-3-4-6-16(14)23(24,25)26/h3-10,18,27H,11H2,1-2H3,(H,28,30)(H,31,32)/t18?,22-/m0/s1. The van der Waals surface area contributed by atoms with Gasteiger partial charge in [-0.3, -0.25) is 14.5 Å². The minimum Gasteiger partial charge on any atom is -0.480 e. The van der Waals surface area contributed by atoms with E-state index in [2.05, 4.69) is 10.3 Å². The third-order valence-electron chi connectivity index (χ3n) is 6.08. The molecule has 3 aromatic rings. The highest BCUT2D eigenvalue weighted by atomic mass is 19.4. The Morgan fingerprint density at radius 3 is 2.53 bits per heavy atom. The van der Waals surface area contributed by atoms with Crippen LogP contribution in [0, 0.1) is 0 Å². The van der Waals surface area contributed by atoms with Crippen LogP contribution in [0.3, 0.4) is 0 Å². The number of carboxylic acids is 1. The zero-order valence-corrected chi connectivity index (χ0v) is 18.1. The maximum absolute atomic E-state index is 13.4. The van der Waals surface area contributed by atoms with E-state index in [1.807, 2.05) is 0 Å². The van der Waals surface area contributed by atoms with E-state index >= 15 is 0 Å². The molecule has 1 aliphatic rings. The van der Waals surface area contributed by atoms with Crippen molar-refractivity contribution in [2.45, 2.75) is 24.7 Å². The molecule has 1 unspecified atom stereocenters. The van der Waals surface area contributed by atoms with Crippen molar-refractivity contribution in [3.8, 4) is 11.3 Å². The molecule has 0 aliphatic carbocycles. The Morgan fingerprint density at radius 1 is 1.18 bits per heavy atom. The van der Waals surface area contributed by atoms with Crippen LogP contribution in [0.2, 0.25) is 0 Å². The smallest absolute Gasteiger partial charge is 0.417 e. The molecule has 2 aromatic carbocycles. The molecular weight excluding hydrogens is 455 g/mol. The normalized spacial score (nSPS) is 18.1. The minimum atomic E-state index is -4.60. The number of hydrogen-bond acceptors (Lipinski definition) is 5. The number of pyridine rings is 1. The first-order valence-electron chi connectivity index (χ1n) is 10.2. The van der Waals surface area contributed by atoms with Crippen molar-refractivity contribution >= 4 is 28.5 Å². The van der Waals surface area contributed by atoms with Gasteiger partial charge in [0.2, 0.25) is 0 Å². The molecule has 0 saturated carbocycles. The van der Waals surface area contributed by atoms with E-state index in [0.717, 1.165) is 6.07 Å². The fraction of sp³-hybridized carbons (Fsp3) is 0.261. The summed E-state index contributed by atoms with van der Waals surface area (Å²) in [5, 5.41) is 12.7. The number of amides is 1. The number of cyclic esters (lactones) is 1. The van der Waals surface area contributed by atoms with Gasteiger partial charge in [0.1, 0.15) is 0 Å². The number of ether oxygens (including phenoxy) is 1. The molecule has 1 saturated heterocycles. The van der Waals surface area contributed by atoms with Crippen LogP contribution in [-0.4, -0.2) is 47.4 Å². The van der Waals surface area contributed by atoms with Crippen molar-refractivity contribution in [2.24, 2.45) is 0 Å². The predicted molar refractivity (Wildman–Crippen MR) is 118 cm³/mol. The Balaban J connectivity index is 1.72. The van der Waals surface area contributed by atoms with Crippen molar-refractivity contribution in [1.29, 1.82) is 0 Å². The lowest BCUT2D eigenvalue weighted by atomic mass is 9.95. The molecule has 1 fully saturated rings. The first-order valence-corrected chi connectivity index (χ1v) is 10.2. The van der Waals surface area contributed by atoms with Gasteiger partial charge in [-0.05, 0) is 43.6 Å². The first-order chi connectivity index (χ1) is 16.0. The molecular formula is C23H20F3N3O5. The number of rotatable bonds is 5. The predicted octanol–water partition coefficient (Wildman–Crippen LogP) is 3.60. The summed E-state index contributed by atoms with van der Waals surface area (Å²) >= 11 is 0. The van der Waals surface area contributed by atoms with Crippen LogP contribution in [0.15, 0.2) is 53.3 Å². The van der Waals surface area contributed by atoms with E-state index in [1.165, 1.54) is 61.3 Å². The molecule has 1 aliphatic heterocycles. The zero-order valence-electron chi connectivity index (χ0n) is 18.1. The van der Waals surface area contributed by atoms with Gasteiger partial charge in [-0.1, -0.05) is 24.3 Å². The van der Waals surface area contributed by atoms with Gasteiger partial charge in [0.15, 0.2) is 11.6 Å². The average molecular weight is 475 g/mol. The van der Waals surface area contributed by atoms with Gasteiger partial charge in [0.05, 0.1) is 12.1 Å². The summed E-state index contributed by atoms with van der Waals surface area (Å²) in [6.07, 6.45) is -6.38. The topological polar surface area (TPSA) is 112 Å². The summed E-state index contributed by atoms with van der Waals surface area (Å²) in [6.45, 7) is 1.31. The Kier molecular flexibility index (Phi) is 5.60. The van der Waals surface area contributed by atoms with Gasteiger partial charge in [0.25, 0.3) is 5.56 Å². The van der Waals surface area contributed by atoms with Gasteiger partial charge in [-0.15, -0.1) is 0 Å². The number of nitrogens with zero attached hydrogens (tertiary/aromatic N) is 1. The van der Waals surface area contributed by atoms with E-state index in [-0.39, 0.29) is 28.9 Å². The second-order valence-electron chi connectivity index (χ2n) is 8.07. The third kappa shape index (κ3) is 3.87. The Hall–Kier alpha value is -3.86. The van der Waals surface area contributed by atoms with Gasteiger partial charge in [-0.25, -0.2) is 4.79 Å². The average Bonchev–Trinajstić information content (AvgIpc) is 3.19. The van der Waals surface area contributed by atoms with E-state index in [4.69, 9.17) is 4.74 Å². The second kappa shape index (κ2) is 8.17. The van der Waals surface area contributed by atoms with Crippen LogP contribution in [0.5, 0.6) is 0 Å². The van der Waals surface area contributed by atoms with Crippen molar-refractivity contribution in [1.82, 2.24) is 10.3 Å². The van der Waals surface area contributed by atoms with Crippen LogP contribution in [-0.2, 0) is 15.7 Å². The molecule has 2 heterocycles. The van der Waals surface area contributed by atoms with Crippen molar-refractivity contribution < 1.29 is 32.6 Å². The number of benzene rings is 2. The highest BCUT2D eigenvalue weighted by Gasteiger charge is 2.49. The maximum atomic E-state index is 13.4. The van der Waals surface area contributed by atoms with Crippen molar-refractivity contribution in [3.05, 3.63) is 64.4 Å². The molecule has 34 heavy (non-hydrogen) atoms. The highest BCUT2D eigenvalue weighted by Crippen LogP contribution is 2.37. The second-order valence-corrected chi connectivity index (χ2v) is 8.07. The van der Waals surface area contributed by atoms with Crippen LogP contribution in [0.4, 0.5) is 23.7 Å². The van der Waals surface area contributed by atoms with E-state index in [0.29, 0.717) is 5.39 Å². The third-order valence-corrected chi connectivity index (χ3v) is 6.08. The molecule has 8 nitrogen and oxygen atoms in total. The summed E-state index contributed by atoms with van der Waals surface area (Å²) in [6, 6.07) is 10.8. The van der Waals surface area contributed by atoms with Crippen molar-refractivity contribution in [2.75, 3.05) is 18.5 Å². The van der Waals surface area contributed by atoms with E-state index in [1.54, 1.807) is 0 Å². The molecule has 178 valence electrons. The summed E-state index contributed by atoms with van der Waals surface area (Å²) in [7, 11) is 1.44. The number of aromatic amines is 1. The number of nitrogens with one attached hydrogen (secondary N) is 2. The molecule has 4 rings (SSSR count). The molecule has 3 N–H and O–H groups in total. The Labute approximate surface area is 191 Å². The lowest BCUT2D eigenvalue weighted by Gasteiger charge is -2.28. The number of aromatic nitrogens is 1. The van der Waals surface area contributed by atoms with Crippen LogP contribution >= 0.6 is 0 Å². The number of halogens is 3. The van der Waals surface area contributed by atoms with Crippen LogP contribution in [0.1, 0.15) is 12.5 Å². The fourth-order valence-corrected chi connectivity index (χ4v) is 3.91. The number of carbonyl (C=O) groups is 2. The lowest BCUT2D eigenvalue weighted by Crippen LogP contribution is -2.58. The van der Waals surface area contributed by atoms with Crippen LogP contribution < -0.4 is 15.8 Å². The number of anilines is 1. The fourth-order valence-electron chi connectivity index (χ4n) is 3.91. The number of hydrogen-bond donors (Lipinski definition) is 3. The largest absolute Gasteiger partial charge is 0.480 e. The molecule has 1 aromatic heterocycles. The highest BCUT2D eigenvalue weighted by molar-refractivity contribution is 5.95. The van der Waals surface area contributed by atoms with Gasteiger partial charge in [0, 0.05) is 22.3 Å². The SMILES string of the molecule is CN[C@](C)(C(=O)O)C1CN(c2ccc3cc(-c4ccccc4C(F)(F)F)[nH]c(=O)c3c2)C(=O)O1. The molecule has 0 radical (unpaired) electrons. The first kappa shape index (κ1) is 23.3. The number of H-pyrrole nitrogens is 1. The summed E-state index contributed by atoms with van der Waals surface area (Å²) < 4.78 is 45.5. The number of alkyl halides is 3. The summed E-state index contributed by atoms with van der Waals surface area (Å²) in [5.41, 5.74) is -2.91. The van der Waals surface area contributed by atoms with Gasteiger partial charge in [-0.2, -0.15) is 13.2 Å². The molecule has 2 atom stereocenters. The monoisotopic (exact) mass is 475 g/mol. The van der Waals surface area contributed by atoms with Gasteiger partial charge < -0.3 is 20.1 Å². The summed E-state index contributed by atoms with van der Waals surface area (Å²) in [5.74, 6) is -1.20. The molecule has 0 spiro atoms. The Morgan fingerprint density at radius 2 is 1.88 bits per heavy atom. The van der Waals surface area contributed by atoms with Crippen LogP contribution in [0.25, 0.3) is 22.0 Å². The van der Waals surface area contributed by atoms with E-state index in [9.17, 15) is 32.7 Å². The number of carbonyl (C=O) groups excluding carboxylic acids is 1. The maximum Gasteiger partial charge on any atom is 0.417 e. The number of carboxylic acid groups (broad SMARTS) is 1. The van der Waals surface area contributed by atoms with Crippen molar-refractivity contribution in [3.63, 3.8) is 0 Å². The molecule has 1 amide bonds.